The Morgan fingerprint density at radius 1 is 1.00 bits per heavy atom. The molecule has 0 aliphatic carbocycles. The van der Waals surface area contributed by atoms with Gasteiger partial charge in [0.25, 0.3) is 5.91 Å². The Bertz CT molecular complexity index is 640. The molecule has 0 aliphatic rings. The number of aryl methyl sites for hydroxylation is 1. The van der Waals surface area contributed by atoms with E-state index in [1.807, 2.05) is 30.3 Å². The molecule has 122 valence electrons. The van der Waals surface area contributed by atoms with Crippen molar-refractivity contribution in [2.75, 3.05) is 20.8 Å². The molecule has 2 aromatic rings. The Morgan fingerprint density at radius 2 is 1.83 bits per heavy atom. The second-order valence-corrected chi connectivity index (χ2v) is 5.26. The van der Waals surface area contributed by atoms with Crippen molar-refractivity contribution < 1.29 is 14.3 Å². The molecule has 0 atom stereocenters. The summed E-state index contributed by atoms with van der Waals surface area (Å²) >= 11 is 0. The summed E-state index contributed by atoms with van der Waals surface area (Å²) in [7, 11) is 3.28. The highest BCUT2D eigenvalue weighted by molar-refractivity contribution is 5.94. The van der Waals surface area contributed by atoms with Crippen LogP contribution >= 0.6 is 0 Å². The lowest BCUT2D eigenvalue weighted by molar-refractivity contribution is 0.0952. The second kappa shape index (κ2) is 8.83. The van der Waals surface area contributed by atoms with E-state index in [1.165, 1.54) is 5.56 Å². The highest BCUT2D eigenvalue weighted by Gasteiger charge is 2.06. The van der Waals surface area contributed by atoms with Crippen molar-refractivity contribution in [2.45, 2.75) is 19.3 Å². The summed E-state index contributed by atoms with van der Waals surface area (Å²) < 4.78 is 10.5. The molecule has 0 bridgehead atoms. The molecule has 0 radical (unpaired) electrons. The number of carbonyl (C=O) groups is 1. The zero-order valence-corrected chi connectivity index (χ0v) is 13.7. The number of ether oxygens (including phenoxy) is 2. The van der Waals surface area contributed by atoms with E-state index in [9.17, 15) is 4.79 Å². The van der Waals surface area contributed by atoms with Crippen LogP contribution in [0.25, 0.3) is 0 Å². The molecule has 23 heavy (non-hydrogen) atoms. The van der Waals surface area contributed by atoms with Gasteiger partial charge < -0.3 is 14.8 Å². The van der Waals surface area contributed by atoms with Gasteiger partial charge in [0.1, 0.15) is 11.5 Å². The van der Waals surface area contributed by atoms with Crippen LogP contribution in [-0.4, -0.2) is 26.7 Å². The van der Waals surface area contributed by atoms with Gasteiger partial charge in [-0.3, -0.25) is 4.79 Å². The van der Waals surface area contributed by atoms with Crippen molar-refractivity contribution in [1.29, 1.82) is 0 Å². The maximum absolute atomic E-state index is 12.1. The summed E-state index contributed by atoms with van der Waals surface area (Å²) in [5.74, 6) is 1.54. The number of methoxy groups -OCH3 is 2. The standard InChI is InChI=1S/C19H23NO3/c1-22-17-11-7-10-16(14-17)19(21)20-13-6-5-9-15-8-3-4-12-18(15)23-2/h3-4,7-8,10-12,14H,5-6,9,13H2,1-2H3,(H,20,21). The Labute approximate surface area is 137 Å². The van der Waals surface area contributed by atoms with Crippen LogP contribution < -0.4 is 14.8 Å². The molecule has 1 N–H and O–H groups in total. The van der Waals surface area contributed by atoms with Crippen molar-refractivity contribution in [1.82, 2.24) is 5.32 Å². The van der Waals surface area contributed by atoms with Crippen LogP contribution in [0.2, 0.25) is 0 Å². The Kier molecular flexibility index (Phi) is 6.48. The first-order chi connectivity index (χ1) is 11.2. The largest absolute Gasteiger partial charge is 0.497 e. The maximum atomic E-state index is 12.1. The number of nitrogens with one attached hydrogen (secondary N) is 1. The number of amides is 1. The summed E-state index contributed by atoms with van der Waals surface area (Å²) in [5.41, 5.74) is 1.82. The lowest BCUT2D eigenvalue weighted by atomic mass is 10.1. The van der Waals surface area contributed by atoms with Crippen LogP contribution in [0.5, 0.6) is 11.5 Å². The van der Waals surface area contributed by atoms with E-state index in [-0.39, 0.29) is 5.91 Å². The van der Waals surface area contributed by atoms with Gasteiger partial charge in [0.05, 0.1) is 14.2 Å². The van der Waals surface area contributed by atoms with Gasteiger partial charge in [-0.25, -0.2) is 0 Å². The molecular weight excluding hydrogens is 290 g/mol. The Balaban J connectivity index is 1.73. The molecule has 4 nitrogen and oxygen atoms in total. The fourth-order valence-electron chi connectivity index (χ4n) is 2.42. The van der Waals surface area contributed by atoms with Gasteiger partial charge >= 0.3 is 0 Å². The summed E-state index contributed by atoms with van der Waals surface area (Å²) in [6, 6.07) is 15.2. The van der Waals surface area contributed by atoms with Gasteiger partial charge in [-0.2, -0.15) is 0 Å². The molecule has 2 rings (SSSR count). The zero-order valence-electron chi connectivity index (χ0n) is 13.7. The Hall–Kier alpha value is -2.49. The molecule has 0 aromatic heterocycles. The summed E-state index contributed by atoms with van der Waals surface area (Å²) in [5, 5.41) is 2.94. The van der Waals surface area contributed by atoms with E-state index in [2.05, 4.69) is 11.4 Å². The van der Waals surface area contributed by atoms with Gasteiger partial charge in [-0.15, -0.1) is 0 Å². The molecule has 0 fully saturated rings. The van der Waals surface area contributed by atoms with E-state index in [4.69, 9.17) is 9.47 Å². The van der Waals surface area contributed by atoms with E-state index >= 15 is 0 Å². The van der Waals surface area contributed by atoms with Gasteiger partial charge in [-0.05, 0) is 49.1 Å². The third-order valence-electron chi connectivity index (χ3n) is 3.68. The SMILES string of the molecule is COc1cccc(C(=O)NCCCCc2ccccc2OC)c1. The highest BCUT2D eigenvalue weighted by atomic mass is 16.5. The molecule has 0 unspecified atom stereocenters. The lowest BCUT2D eigenvalue weighted by Crippen LogP contribution is -2.24. The summed E-state index contributed by atoms with van der Waals surface area (Å²) in [4.78, 5) is 12.1. The smallest absolute Gasteiger partial charge is 0.251 e. The molecular formula is C19H23NO3. The lowest BCUT2D eigenvalue weighted by Gasteiger charge is -2.09. The second-order valence-electron chi connectivity index (χ2n) is 5.26. The van der Waals surface area contributed by atoms with Gasteiger partial charge in [0, 0.05) is 12.1 Å². The third-order valence-corrected chi connectivity index (χ3v) is 3.68. The molecule has 0 spiro atoms. The number of hydrogen-bond donors (Lipinski definition) is 1. The van der Waals surface area contributed by atoms with Crippen molar-refractivity contribution in [3.8, 4) is 11.5 Å². The molecule has 1 amide bonds. The van der Waals surface area contributed by atoms with E-state index in [1.54, 1.807) is 26.4 Å². The van der Waals surface area contributed by atoms with E-state index in [0.29, 0.717) is 17.9 Å². The predicted octanol–water partition coefficient (Wildman–Crippen LogP) is 3.46. The maximum Gasteiger partial charge on any atom is 0.251 e. The fourth-order valence-corrected chi connectivity index (χ4v) is 2.42. The molecule has 4 heteroatoms. The first kappa shape index (κ1) is 16.9. The quantitative estimate of drug-likeness (QED) is 0.759. The zero-order chi connectivity index (χ0) is 16.5. The van der Waals surface area contributed by atoms with Crippen LogP contribution in [0.4, 0.5) is 0 Å². The van der Waals surface area contributed by atoms with Crippen LogP contribution in [0, 0.1) is 0 Å². The van der Waals surface area contributed by atoms with Crippen molar-refractivity contribution in [3.63, 3.8) is 0 Å². The third kappa shape index (κ3) is 5.02. The van der Waals surface area contributed by atoms with Crippen molar-refractivity contribution >= 4 is 5.91 Å². The van der Waals surface area contributed by atoms with Crippen LogP contribution in [0.1, 0.15) is 28.8 Å². The number of para-hydroxylation sites is 1. The van der Waals surface area contributed by atoms with Gasteiger partial charge in [0.2, 0.25) is 0 Å². The Morgan fingerprint density at radius 3 is 2.61 bits per heavy atom. The van der Waals surface area contributed by atoms with Gasteiger partial charge in [-0.1, -0.05) is 24.3 Å². The summed E-state index contributed by atoms with van der Waals surface area (Å²) in [6.45, 7) is 0.658. The highest BCUT2D eigenvalue weighted by Crippen LogP contribution is 2.19. The molecule has 0 saturated heterocycles. The fraction of sp³-hybridized carbons (Fsp3) is 0.316. The average Bonchev–Trinajstić information content (AvgIpc) is 2.61. The predicted molar refractivity (Wildman–Crippen MR) is 91.3 cm³/mol. The number of unbranched alkanes of at least 4 members (excludes halogenated alkanes) is 1. The number of benzene rings is 2. The number of carbonyl (C=O) groups excluding carboxylic acids is 1. The van der Waals surface area contributed by atoms with Crippen LogP contribution in [-0.2, 0) is 6.42 Å². The molecule has 0 aliphatic heterocycles. The van der Waals surface area contributed by atoms with Gasteiger partial charge in [0.15, 0.2) is 0 Å². The van der Waals surface area contributed by atoms with Crippen LogP contribution in [0.15, 0.2) is 48.5 Å². The topological polar surface area (TPSA) is 47.6 Å². The molecule has 0 heterocycles. The minimum Gasteiger partial charge on any atom is -0.497 e. The normalized spacial score (nSPS) is 10.2. The van der Waals surface area contributed by atoms with Crippen molar-refractivity contribution in [3.05, 3.63) is 59.7 Å². The molecule has 0 saturated carbocycles. The summed E-state index contributed by atoms with van der Waals surface area (Å²) in [6.07, 6.45) is 2.87. The molecule has 2 aromatic carbocycles. The van der Waals surface area contributed by atoms with Crippen LogP contribution in [0.3, 0.4) is 0 Å². The van der Waals surface area contributed by atoms with E-state index in [0.717, 1.165) is 25.0 Å². The number of hydrogen-bond acceptors (Lipinski definition) is 3. The van der Waals surface area contributed by atoms with Crippen molar-refractivity contribution in [2.24, 2.45) is 0 Å². The number of rotatable bonds is 8. The first-order valence-corrected chi connectivity index (χ1v) is 7.78. The minimum absolute atomic E-state index is 0.0683. The van der Waals surface area contributed by atoms with E-state index < -0.39 is 0 Å². The monoisotopic (exact) mass is 313 g/mol. The first-order valence-electron chi connectivity index (χ1n) is 7.78. The average molecular weight is 313 g/mol. The minimum atomic E-state index is -0.0683.